The fourth-order valence-electron chi connectivity index (χ4n) is 0.833. The lowest BCUT2D eigenvalue weighted by Gasteiger charge is -1.90. The molecule has 10 heavy (non-hydrogen) atoms. The van der Waals surface area contributed by atoms with Crippen molar-refractivity contribution >= 4 is 6.21 Å². The predicted molar refractivity (Wildman–Crippen MR) is 40.4 cm³/mol. The molecule has 54 valence electrons. The van der Waals surface area contributed by atoms with Gasteiger partial charge in [-0.2, -0.15) is 0 Å². The van der Waals surface area contributed by atoms with Crippen LogP contribution in [0.1, 0.15) is 18.6 Å². The molecule has 1 aromatic heterocycles. The van der Waals surface area contributed by atoms with Crippen molar-refractivity contribution in [1.82, 2.24) is 0 Å². The Morgan fingerprint density at radius 1 is 1.60 bits per heavy atom. The zero-order chi connectivity index (χ0) is 7.23. The quantitative estimate of drug-likeness (QED) is 0.501. The molecule has 2 heteroatoms. The van der Waals surface area contributed by atoms with E-state index in [1.807, 2.05) is 12.1 Å². The van der Waals surface area contributed by atoms with E-state index in [-0.39, 0.29) is 0 Å². The van der Waals surface area contributed by atoms with Crippen molar-refractivity contribution in [3.63, 3.8) is 0 Å². The van der Waals surface area contributed by atoms with E-state index in [0.717, 1.165) is 25.0 Å². The van der Waals surface area contributed by atoms with Crippen molar-refractivity contribution in [2.45, 2.75) is 19.3 Å². The van der Waals surface area contributed by atoms with Gasteiger partial charge >= 0.3 is 0 Å². The van der Waals surface area contributed by atoms with Crippen LogP contribution in [0.5, 0.6) is 0 Å². The zero-order valence-electron chi connectivity index (χ0n) is 5.84. The van der Waals surface area contributed by atoms with Crippen molar-refractivity contribution in [3.8, 4) is 0 Å². The minimum Gasteiger partial charge on any atom is -0.469 e. The average molecular weight is 137 g/mol. The molecule has 1 rings (SSSR count). The second-order valence-electron chi connectivity index (χ2n) is 2.18. The molecule has 0 aromatic carbocycles. The van der Waals surface area contributed by atoms with Crippen LogP contribution in [0.25, 0.3) is 0 Å². The largest absolute Gasteiger partial charge is 0.469 e. The molecule has 0 amide bonds. The zero-order valence-corrected chi connectivity index (χ0v) is 5.84. The fourth-order valence-corrected chi connectivity index (χ4v) is 0.833. The molecule has 0 aliphatic heterocycles. The van der Waals surface area contributed by atoms with E-state index in [1.54, 1.807) is 6.26 Å². The first-order valence-corrected chi connectivity index (χ1v) is 3.45. The molecule has 1 aromatic rings. The van der Waals surface area contributed by atoms with Crippen molar-refractivity contribution in [1.29, 1.82) is 5.41 Å². The maximum Gasteiger partial charge on any atom is 0.103 e. The van der Waals surface area contributed by atoms with Crippen molar-refractivity contribution in [2.75, 3.05) is 0 Å². The second-order valence-corrected chi connectivity index (χ2v) is 2.18. The predicted octanol–water partition coefficient (Wildman–Crippen LogP) is 2.25. The summed E-state index contributed by atoms with van der Waals surface area (Å²) in [5.74, 6) is 1.02. The molecule has 0 atom stereocenters. The third kappa shape index (κ3) is 2.05. The highest BCUT2D eigenvalue weighted by Gasteiger charge is 1.92. The number of hydrogen-bond donors (Lipinski definition) is 1. The van der Waals surface area contributed by atoms with Gasteiger partial charge in [0, 0.05) is 6.42 Å². The van der Waals surface area contributed by atoms with Crippen LogP contribution >= 0.6 is 0 Å². The lowest BCUT2D eigenvalue weighted by Crippen LogP contribution is -1.81. The van der Waals surface area contributed by atoms with E-state index in [2.05, 4.69) is 0 Å². The van der Waals surface area contributed by atoms with E-state index < -0.39 is 0 Å². The summed E-state index contributed by atoms with van der Waals surface area (Å²) in [5.41, 5.74) is 0. The Balaban J connectivity index is 2.21. The van der Waals surface area contributed by atoms with Gasteiger partial charge in [0.2, 0.25) is 0 Å². The summed E-state index contributed by atoms with van der Waals surface area (Å²) in [6, 6.07) is 3.85. The van der Waals surface area contributed by atoms with E-state index in [1.165, 1.54) is 6.21 Å². The van der Waals surface area contributed by atoms with E-state index in [9.17, 15) is 0 Å². The van der Waals surface area contributed by atoms with E-state index in [0.29, 0.717) is 0 Å². The Labute approximate surface area is 60.4 Å². The molecule has 0 aliphatic rings. The number of furan rings is 1. The smallest absolute Gasteiger partial charge is 0.103 e. The highest BCUT2D eigenvalue weighted by Crippen LogP contribution is 2.03. The Morgan fingerprint density at radius 3 is 3.10 bits per heavy atom. The first-order chi connectivity index (χ1) is 4.93. The Morgan fingerprint density at radius 2 is 2.50 bits per heavy atom. The van der Waals surface area contributed by atoms with Crippen molar-refractivity contribution in [3.05, 3.63) is 24.2 Å². The fraction of sp³-hybridized carbons (Fsp3) is 0.375. The summed E-state index contributed by atoms with van der Waals surface area (Å²) >= 11 is 0. The normalized spacial score (nSPS) is 9.60. The van der Waals surface area contributed by atoms with Gasteiger partial charge in [0.15, 0.2) is 0 Å². The van der Waals surface area contributed by atoms with Crippen molar-refractivity contribution < 1.29 is 4.42 Å². The Hall–Kier alpha value is -1.05. The number of unbranched alkanes of at least 4 members (excludes halogenated alkanes) is 1. The number of hydrogen-bond acceptors (Lipinski definition) is 2. The minimum atomic E-state index is 0.848. The topological polar surface area (TPSA) is 37.0 Å². The van der Waals surface area contributed by atoms with Crippen LogP contribution in [0.15, 0.2) is 22.8 Å². The summed E-state index contributed by atoms with van der Waals surface area (Å²) in [6.07, 6.45) is 5.92. The molecule has 0 aliphatic carbocycles. The van der Waals surface area contributed by atoms with Crippen LogP contribution < -0.4 is 0 Å². The van der Waals surface area contributed by atoms with Crippen molar-refractivity contribution in [2.24, 2.45) is 0 Å². The lowest BCUT2D eigenvalue weighted by molar-refractivity contribution is 0.504. The summed E-state index contributed by atoms with van der Waals surface area (Å²) < 4.78 is 5.10. The summed E-state index contributed by atoms with van der Waals surface area (Å²) in [6.45, 7) is 0. The van der Waals surface area contributed by atoms with Crippen LogP contribution in [0.3, 0.4) is 0 Å². The van der Waals surface area contributed by atoms with E-state index >= 15 is 0 Å². The maximum absolute atomic E-state index is 6.78. The van der Waals surface area contributed by atoms with Crippen LogP contribution in [-0.4, -0.2) is 6.21 Å². The maximum atomic E-state index is 6.78. The van der Waals surface area contributed by atoms with E-state index in [4.69, 9.17) is 9.83 Å². The molecular formula is C8H11NO. The Kier molecular flexibility index (Phi) is 2.74. The van der Waals surface area contributed by atoms with Gasteiger partial charge in [-0.15, -0.1) is 0 Å². The summed E-state index contributed by atoms with van der Waals surface area (Å²) in [7, 11) is 0. The minimum absolute atomic E-state index is 0.848. The molecule has 0 saturated heterocycles. The number of rotatable bonds is 4. The number of nitrogens with one attached hydrogen (secondary N) is 1. The third-order valence-corrected chi connectivity index (χ3v) is 1.35. The SMILES string of the molecule is N=CCCCc1ccco1. The molecule has 1 N–H and O–H groups in total. The highest BCUT2D eigenvalue weighted by atomic mass is 16.3. The van der Waals surface area contributed by atoms with Gasteiger partial charge in [-0.25, -0.2) is 0 Å². The molecule has 0 radical (unpaired) electrons. The molecular weight excluding hydrogens is 126 g/mol. The molecule has 0 bridgehead atoms. The molecule has 2 nitrogen and oxygen atoms in total. The molecule has 1 heterocycles. The van der Waals surface area contributed by atoms with Gasteiger partial charge in [0.05, 0.1) is 6.26 Å². The van der Waals surface area contributed by atoms with Gasteiger partial charge in [-0.05, 0) is 31.2 Å². The standard InChI is InChI=1S/C8H11NO/c9-6-2-1-4-8-5-3-7-10-8/h3,5-7,9H,1-2,4H2. The molecule has 0 saturated carbocycles. The first kappa shape index (κ1) is 7.06. The van der Waals surface area contributed by atoms with Crippen LogP contribution in [-0.2, 0) is 6.42 Å². The summed E-state index contributed by atoms with van der Waals surface area (Å²) in [4.78, 5) is 0. The molecule has 0 unspecified atom stereocenters. The highest BCUT2D eigenvalue weighted by molar-refractivity contribution is 5.52. The first-order valence-electron chi connectivity index (χ1n) is 3.45. The molecule has 0 spiro atoms. The van der Waals surface area contributed by atoms with Gasteiger partial charge < -0.3 is 9.83 Å². The summed E-state index contributed by atoms with van der Waals surface area (Å²) in [5, 5.41) is 6.78. The lowest BCUT2D eigenvalue weighted by atomic mass is 10.2. The van der Waals surface area contributed by atoms with Crippen LogP contribution in [0.2, 0.25) is 0 Å². The molecule has 0 fully saturated rings. The second kappa shape index (κ2) is 3.88. The Bertz CT molecular complexity index is 179. The number of aryl methyl sites for hydroxylation is 1. The van der Waals surface area contributed by atoms with Gasteiger partial charge in [-0.3, -0.25) is 0 Å². The third-order valence-electron chi connectivity index (χ3n) is 1.35. The van der Waals surface area contributed by atoms with Gasteiger partial charge in [0.1, 0.15) is 5.76 Å². The average Bonchev–Trinajstić information content (AvgIpc) is 2.41. The van der Waals surface area contributed by atoms with Crippen LogP contribution in [0.4, 0.5) is 0 Å². The van der Waals surface area contributed by atoms with Crippen LogP contribution in [0, 0.1) is 5.41 Å². The van der Waals surface area contributed by atoms with Gasteiger partial charge in [-0.1, -0.05) is 0 Å². The van der Waals surface area contributed by atoms with Gasteiger partial charge in [0.25, 0.3) is 0 Å². The monoisotopic (exact) mass is 137 g/mol.